The highest BCUT2D eigenvalue weighted by molar-refractivity contribution is 7.80. The van der Waals surface area contributed by atoms with Crippen molar-refractivity contribution in [2.75, 3.05) is 11.4 Å². The van der Waals surface area contributed by atoms with Gasteiger partial charge in [0.25, 0.3) is 0 Å². The molecule has 0 spiro atoms. The average molecular weight is 269 g/mol. The van der Waals surface area contributed by atoms with Crippen LogP contribution in [0.5, 0.6) is 0 Å². The maximum Gasteiger partial charge on any atom is 0.143 e. The van der Waals surface area contributed by atoms with E-state index in [1.807, 2.05) is 25.3 Å². The summed E-state index contributed by atoms with van der Waals surface area (Å²) in [6.07, 6.45) is 2.84. The van der Waals surface area contributed by atoms with Crippen molar-refractivity contribution in [2.45, 2.75) is 13.3 Å². The molecular weight excluding hydrogens is 254 g/mol. The molecule has 0 aliphatic carbocycles. The van der Waals surface area contributed by atoms with Crippen molar-refractivity contribution in [3.8, 4) is 0 Å². The lowest BCUT2D eigenvalue weighted by molar-refractivity contribution is 0.970. The Labute approximate surface area is 118 Å². The number of rotatable bonds is 2. The van der Waals surface area contributed by atoms with Crippen molar-refractivity contribution in [1.29, 1.82) is 0 Å². The number of fused-ring (bicyclic) bond motifs is 1. The molecule has 0 saturated heterocycles. The van der Waals surface area contributed by atoms with Gasteiger partial charge in [0.1, 0.15) is 10.8 Å². The van der Waals surface area contributed by atoms with Crippen molar-refractivity contribution in [1.82, 2.24) is 4.98 Å². The number of para-hydroxylation sites is 1. The third-order valence-electron chi connectivity index (χ3n) is 3.53. The van der Waals surface area contributed by atoms with Crippen LogP contribution in [0.4, 0.5) is 11.5 Å². The van der Waals surface area contributed by atoms with Crippen LogP contribution in [-0.4, -0.2) is 16.5 Å². The maximum atomic E-state index is 5.87. The van der Waals surface area contributed by atoms with Crippen LogP contribution in [0, 0.1) is 6.92 Å². The number of benzene rings is 1. The number of aromatic nitrogens is 1. The molecule has 1 aliphatic heterocycles. The van der Waals surface area contributed by atoms with Crippen LogP contribution in [0.2, 0.25) is 0 Å². The lowest BCUT2D eigenvalue weighted by Crippen LogP contribution is -2.22. The summed E-state index contributed by atoms with van der Waals surface area (Å²) in [6.45, 7) is 2.94. The number of aryl methyl sites for hydroxylation is 1. The largest absolute Gasteiger partial charge is 0.389 e. The smallest absolute Gasteiger partial charge is 0.143 e. The van der Waals surface area contributed by atoms with E-state index in [-0.39, 0.29) is 0 Å². The zero-order valence-electron chi connectivity index (χ0n) is 10.8. The Hall–Kier alpha value is -1.94. The molecule has 96 valence electrons. The number of pyridine rings is 1. The van der Waals surface area contributed by atoms with Crippen molar-refractivity contribution in [2.24, 2.45) is 5.73 Å². The predicted octanol–water partition coefficient (Wildman–Crippen LogP) is 2.72. The van der Waals surface area contributed by atoms with Gasteiger partial charge in [-0.2, -0.15) is 0 Å². The summed E-state index contributed by atoms with van der Waals surface area (Å²) in [5, 5.41) is 0. The number of nitrogens with two attached hydrogens (primary N) is 1. The quantitative estimate of drug-likeness (QED) is 0.851. The van der Waals surface area contributed by atoms with Gasteiger partial charge in [-0.1, -0.05) is 30.4 Å². The molecule has 0 saturated carbocycles. The second kappa shape index (κ2) is 4.63. The molecule has 1 aromatic heterocycles. The average Bonchev–Trinajstić information content (AvgIpc) is 2.81. The molecule has 0 atom stereocenters. The van der Waals surface area contributed by atoms with E-state index in [0.29, 0.717) is 4.99 Å². The summed E-state index contributed by atoms with van der Waals surface area (Å²) in [5.74, 6) is 0.873. The van der Waals surface area contributed by atoms with Gasteiger partial charge >= 0.3 is 0 Å². The molecule has 2 heterocycles. The van der Waals surface area contributed by atoms with Crippen molar-refractivity contribution in [3.63, 3.8) is 0 Å². The zero-order chi connectivity index (χ0) is 13.4. The SMILES string of the molecule is Cc1ccnc(N2CCc3ccccc32)c1C(N)=S. The third-order valence-corrected chi connectivity index (χ3v) is 3.73. The Balaban J connectivity index is 2.15. The number of hydrogen-bond acceptors (Lipinski definition) is 3. The van der Waals surface area contributed by atoms with Crippen molar-refractivity contribution < 1.29 is 0 Å². The number of thiocarbonyl (C=S) groups is 1. The van der Waals surface area contributed by atoms with E-state index >= 15 is 0 Å². The Morgan fingerprint density at radius 2 is 2.11 bits per heavy atom. The van der Waals surface area contributed by atoms with Crippen LogP contribution in [0.3, 0.4) is 0 Å². The molecule has 1 aliphatic rings. The standard InChI is InChI=1S/C15H15N3S/c1-10-6-8-17-15(13(10)14(16)19)18-9-7-11-4-2-3-5-12(11)18/h2-6,8H,7,9H2,1H3,(H2,16,19). The van der Waals surface area contributed by atoms with E-state index in [2.05, 4.69) is 28.1 Å². The fourth-order valence-corrected chi connectivity index (χ4v) is 2.86. The Bertz CT molecular complexity index is 652. The minimum atomic E-state index is 0.407. The summed E-state index contributed by atoms with van der Waals surface area (Å²) in [6, 6.07) is 10.3. The first-order chi connectivity index (χ1) is 9.18. The Morgan fingerprint density at radius 1 is 1.32 bits per heavy atom. The van der Waals surface area contributed by atoms with Gasteiger partial charge < -0.3 is 10.6 Å². The number of nitrogens with zero attached hydrogens (tertiary/aromatic N) is 2. The highest BCUT2D eigenvalue weighted by Crippen LogP contribution is 2.35. The Morgan fingerprint density at radius 3 is 2.89 bits per heavy atom. The summed E-state index contributed by atoms with van der Waals surface area (Å²) in [4.78, 5) is 7.11. The molecule has 1 aromatic carbocycles. The highest BCUT2D eigenvalue weighted by Gasteiger charge is 2.24. The molecule has 0 radical (unpaired) electrons. The van der Waals surface area contributed by atoms with Crippen LogP contribution in [0.15, 0.2) is 36.5 Å². The van der Waals surface area contributed by atoms with Gasteiger partial charge in [-0.15, -0.1) is 0 Å². The second-order valence-corrected chi connectivity index (χ2v) is 5.16. The van der Waals surface area contributed by atoms with Gasteiger partial charge in [0.2, 0.25) is 0 Å². The molecule has 0 bridgehead atoms. The fraction of sp³-hybridized carbons (Fsp3) is 0.200. The third kappa shape index (κ3) is 1.98. The summed E-state index contributed by atoms with van der Waals surface area (Å²) in [5.41, 5.74) is 10.4. The fourth-order valence-electron chi connectivity index (χ4n) is 2.61. The molecule has 0 fully saturated rings. The lowest BCUT2D eigenvalue weighted by Gasteiger charge is -2.22. The van der Waals surface area contributed by atoms with Crippen LogP contribution in [-0.2, 0) is 6.42 Å². The van der Waals surface area contributed by atoms with Gasteiger partial charge in [0, 0.05) is 18.4 Å². The summed E-state index contributed by atoms with van der Waals surface area (Å²) >= 11 is 5.18. The molecule has 4 heteroatoms. The maximum absolute atomic E-state index is 5.87. The molecule has 0 amide bonds. The summed E-state index contributed by atoms with van der Waals surface area (Å²) in [7, 11) is 0. The van der Waals surface area contributed by atoms with E-state index in [0.717, 1.165) is 29.9 Å². The van der Waals surface area contributed by atoms with Crippen LogP contribution >= 0.6 is 12.2 Å². The summed E-state index contributed by atoms with van der Waals surface area (Å²) < 4.78 is 0. The zero-order valence-corrected chi connectivity index (χ0v) is 11.6. The van der Waals surface area contributed by atoms with Crippen LogP contribution in [0.25, 0.3) is 0 Å². The van der Waals surface area contributed by atoms with Gasteiger partial charge in [-0.05, 0) is 36.6 Å². The van der Waals surface area contributed by atoms with E-state index < -0.39 is 0 Å². The van der Waals surface area contributed by atoms with E-state index in [4.69, 9.17) is 18.0 Å². The van der Waals surface area contributed by atoms with E-state index in [1.54, 1.807) is 0 Å². The van der Waals surface area contributed by atoms with Gasteiger partial charge in [0.15, 0.2) is 0 Å². The molecule has 0 unspecified atom stereocenters. The number of anilines is 2. The minimum Gasteiger partial charge on any atom is -0.389 e. The lowest BCUT2D eigenvalue weighted by atomic mass is 10.1. The van der Waals surface area contributed by atoms with E-state index in [9.17, 15) is 0 Å². The first kappa shape index (κ1) is 12.1. The highest BCUT2D eigenvalue weighted by atomic mass is 32.1. The van der Waals surface area contributed by atoms with Gasteiger partial charge in [-0.25, -0.2) is 4.98 Å². The molecule has 3 nitrogen and oxygen atoms in total. The van der Waals surface area contributed by atoms with Gasteiger partial charge in [-0.3, -0.25) is 0 Å². The molecule has 2 aromatic rings. The molecule has 19 heavy (non-hydrogen) atoms. The monoisotopic (exact) mass is 269 g/mol. The molecule has 2 N–H and O–H groups in total. The van der Waals surface area contributed by atoms with Crippen LogP contribution in [0.1, 0.15) is 16.7 Å². The first-order valence-electron chi connectivity index (χ1n) is 6.29. The van der Waals surface area contributed by atoms with Crippen molar-refractivity contribution in [3.05, 3.63) is 53.2 Å². The molecule has 3 rings (SSSR count). The van der Waals surface area contributed by atoms with Crippen LogP contribution < -0.4 is 10.6 Å². The normalized spacial score (nSPS) is 13.4. The molecular formula is C15H15N3S. The van der Waals surface area contributed by atoms with Crippen molar-refractivity contribution >= 4 is 28.7 Å². The van der Waals surface area contributed by atoms with E-state index in [1.165, 1.54) is 11.3 Å². The first-order valence-corrected chi connectivity index (χ1v) is 6.70. The predicted molar refractivity (Wildman–Crippen MR) is 82.0 cm³/mol. The minimum absolute atomic E-state index is 0.407. The Kier molecular flexibility index (Phi) is 2.95. The topological polar surface area (TPSA) is 42.2 Å². The van der Waals surface area contributed by atoms with Gasteiger partial charge in [0.05, 0.1) is 5.56 Å². The second-order valence-electron chi connectivity index (χ2n) is 4.72. The number of hydrogen-bond donors (Lipinski definition) is 1.